The van der Waals surface area contributed by atoms with Crippen molar-refractivity contribution in [2.45, 2.75) is 0 Å². The zero-order valence-corrected chi connectivity index (χ0v) is 13.0. The van der Waals surface area contributed by atoms with Crippen LogP contribution < -0.4 is 4.74 Å². The molecule has 0 aliphatic rings. The minimum Gasteiger partial charge on any atom is -0.423 e. The average Bonchev–Trinajstić information content (AvgIpc) is 2.63. The lowest BCUT2D eigenvalue weighted by atomic mass is 10.2. The van der Waals surface area contributed by atoms with Gasteiger partial charge in [0.25, 0.3) is 0 Å². The lowest BCUT2D eigenvalue weighted by Gasteiger charge is -2.04. The van der Waals surface area contributed by atoms with Crippen molar-refractivity contribution >= 4 is 17.9 Å². The predicted octanol–water partition coefficient (Wildman–Crippen LogP) is 4.93. The van der Waals surface area contributed by atoms with Gasteiger partial charge in [-0.2, -0.15) is 0 Å². The van der Waals surface area contributed by atoms with Crippen LogP contribution in [0.5, 0.6) is 5.75 Å². The zero-order chi connectivity index (χ0) is 17.6. The first-order valence-electron chi connectivity index (χ1n) is 7.47. The lowest BCUT2D eigenvalue weighted by Crippen LogP contribution is -2.08. The molecular formula is C20H13F2NO2. The number of benzene rings is 3. The van der Waals surface area contributed by atoms with E-state index in [1.54, 1.807) is 42.6 Å². The molecule has 0 heterocycles. The highest BCUT2D eigenvalue weighted by atomic mass is 19.1. The Kier molecular flexibility index (Phi) is 4.95. The maximum absolute atomic E-state index is 12.9. The number of nitrogens with zero attached hydrogens (tertiary/aromatic N) is 1. The molecule has 25 heavy (non-hydrogen) atoms. The molecule has 0 spiro atoms. The summed E-state index contributed by atoms with van der Waals surface area (Å²) in [5, 5.41) is 0. The molecule has 0 N–H and O–H groups in total. The Morgan fingerprint density at radius 1 is 0.800 bits per heavy atom. The van der Waals surface area contributed by atoms with Crippen molar-refractivity contribution in [1.29, 1.82) is 0 Å². The fourth-order valence-electron chi connectivity index (χ4n) is 2.05. The molecule has 0 aromatic heterocycles. The van der Waals surface area contributed by atoms with Crippen LogP contribution in [0, 0.1) is 11.6 Å². The minimum atomic E-state index is -0.562. The van der Waals surface area contributed by atoms with Gasteiger partial charge in [0.05, 0.1) is 11.3 Å². The van der Waals surface area contributed by atoms with E-state index in [1.165, 1.54) is 36.4 Å². The summed E-state index contributed by atoms with van der Waals surface area (Å²) >= 11 is 0. The molecule has 3 aromatic carbocycles. The molecule has 0 aliphatic carbocycles. The quantitative estimate of drug-likeness (QED) is 0.384. The van der Waals surface area contributed by atoms with Crippen LogP contribution >= 0.6 is 0 Å². The van der Waals surface area contributed by atoms with Crippen LogP contribution in [0.4, 0.5) is 14.5 Å². The fraction of sp³-hybridized carbons (Fsp3) is 0. The van der Waals surface area contributed by atoms with Crippen LogP contribution in [0.25, 0.3) is 0 Å². The maximum atomic E-state index is 12.9. The van der Waals surface area contributed by atoms with E-state index in [-0.39, 0.29) is 11.4 Å². The second-order valence-corrected chi connectivity index (χ2v) is 5.20. The number of aliphatic imine (C=N–C) groups is 1. The Labute approximate surface area is 143 Å². The molecule has 0 atom stereocenters. The van der Waals surface area contributed by atoms with Crippen molar-refractivity contribution in [1.82, 2.24) is 0 Å². The predicted molar refractivity (Wildman–Crippen MR) is 91.5 cm³/mol. The third-order valence-electron chi connectivity index (χ3n) is 3.36. The molecule has 3 nitrogen and oxygen atoms in total. The third kappa shape index (κ3) is 4.57. The summed E-state index contributed by atoms with van der Waals surface area (Å²) in [4.78, 5) is 16.2. The largest absolute Gasteiger partial charge is 0.423 e. The molecule has 0 saturated carbocycles. The standard InChI is InChI=1S/C20H13F2NO2/c21-16-5-3-15(4-6-16)20(24)25-19-11-1-14(2-12-19)13-23-18-9-7-17(22)8-10-18/h1-13H. The molecule has 0 aliphatic heterocycles. The molecule has 3 aromatic rings. The Balaban J connectivity index is 1.64. The summed E-state index contributed by atoms with van der Waals surface area (Å²) in [5.74, 6) is -0.923. The molecule has 0 radical (unpaired) electrons. The van der Waals surface area contributed by atoms with E-state index in [0.29, 0.717) is 11.4 Å². The van der Waals surface area contributed by atoms with Gasteiger partial charge in [-0.15, -0.1) is 0 Å². The molecule has 3 rings (SSSR count). The molecule has 124 valence electrons. The second kappa shape index (κ2) is 7.49. The van der Waals surface area contributed by atoms with Crippen LogP contribution in [0.1, 0.15) is 15.9 Å². The number of hydrogen-bond donors (Lipinski definition) is 0. The average molecular weight is 337 g/mol. The van der Waals surface area contributed by atoms with E-state index < -0.39 is 11.8 Å². The van der Waals surface area contributed by atoms with Gasteiger partial charge in [-0.05, 0) is 78.4 Å². The number of carbonyl (C=O) groups is 1. The van der Waals surface area contributed by atoms with E-state index in [9.17, 15) is 13.6 Å². The first-order chi connectivity index (χ1) is 12.1. The van der Waals surface area contributed by atoms with Crippen molar-refractivity contribution in [3.05, 3.63) is 95.6 Å². The SMILES string of the molecule is O=C(Oc1ccc(C=Nc2ccc(F)cc2)cc1)c1ccc(F)cc1. The van der Waals surface area contributed by atoms with E-state index in [2.05, 4.69) is 4.99 Å². The third-order valence-corrected chi connectivity index (χ3v) is 3.36. The number of esters is 1. The topological polar surface area (TPSA) is 38.7 Å². The van der Waals surface area contributed by atoms with Crippen LogP contribution in [-0.4, -0.2) is 12.2 Å². The molecule has 0 bridgehead atoms. The van der Waals surface area contributed by atoms with E-state index >= 15 is 0 Å². The van der Waals surface area contributed by atoms with Gasteiger partial charge < -0.3 is 4.74 Å². The van der Waals surface area contributed by atoms with Gasteiger partial charge in [0.2, 0.25) is 0 Å². The number of halogens is 2. The number of hydrogen-bond acceptors (Lipinski definition) is 3. The van der Waals surface area contributed by atoms with Crippen molar-refractivity contribution < 1.29 is 18.3 Å². The van der Waals surface area contributed by atoms with Crippen LogP contribution in [0.2, 0.25) is 0 Å². The minimum absolute atomic E-state index is 0.267. The fourth-order valence-corrected chi connectivity index (χ4v) is 2.05. The van der Waals surface area contributed by atoms with E-state index in [1.807, 2.05) is 0 Å². The summed E-state index contributed by atoms with van der Waals surface area (Å²) in [5.41, 5.74) is 1.70. The van der Waals surface area contributed by atoms with Crippen LogP contribution in [-0.2, 0) is 0 Å². The van der Waals surface area contributed by atoms with Crippen LogP contribution in [0.15, 0.2) is 77.8 Å². The normalized spacial score (nSPS) is 10.8. The molecule has 0 fully saturated rings. The second-order valence-electron chi connectivity index (χ2n) is 5.20. The summed E-state index contributed by atoms with van der Waals surface area (Å²) < 4.78 is 30.9. The summed E-state index contributed by atoms with van der Waals surface area (Å²) in [6, 6.07) is 17.7. The smallest absolute Gasteiger partial charge is 0.343 e. The van der Waals surface area contributed by atoms with Crippen molar-refractivity contribution in [2.75, 3.05) is 0 Å². The highest BCUT2D eigenvalue weighted by molar-refractivity contribution is 5.91. The molecule has 0 amide bonds. The van der Waals surface area contributed by atoms with E-state index in [4.69, 9.17) is 4.74 Å². The molecule has 0 unspecified atom stereocenters. The zero-order valence-electron chi connectivity index (χ0n) is 13.0. The maximum Gasteiger partial charge on any atom is 0.343 e. The number of ether oxygens (including phenoxy) is 1. The first-order valence-corrected chi connectivity index (χ1v) is 7.47. The van der Waals surface area contributed by atoms with E-state index in [0.717, 1.165) is 5.56 Å². The molecule has 0 saturated heterocycles. The van der Waals surface area contributed by atoms with Gasteiger partial charge in [0.15, 0.2) is 0 Å². The Morgan fingerprint density at radius 3 is 1.96 bits per heavy atom. The van der Waals surface area contributed by atoms with Crippen molar-refractivity contribution in [2.24, 2.45) is 4.99 Å². The van der Waals surface area contributed by atoms with Crippen molar-refractivity contribution in [3.63, 3.8) is 0 Å². The molecule has 5 heteroatoms. The number of rotatable bonds is 4. The van der Waals surface area contributed by atoms with Gasteiger partial charge in [-0.3, -0.25) is 4.99 Å². The van der Waals surface area contributed by atoms with Crippen molar-refractivity contribution in [3.8, 4) is 5.75 Å². The van der Waals surface area contributed by atoms with Gasteiger partial charge in [-0.1, -0.05) is 0 Å². The first kappa shape index (κ1) is 16.5. The van der Waals surface area contributed by atoms with Gasteiger partial charge in [-0.25, -0.2) is 13.6 Å². The monoisotopic (exact) mass is 337 g/mol. The summed E-state index contributed by atoms with van der Waals surface area (Å²) in [6.45, 7) is 0. The van der Waals surface area contributed by atoms with Crippen LogP contribution in [0.3, 0.4) is 0 Å². The van der Waals surface area contributed by atoms with Gasteiger partial charge in [0.1, 0.15) is 17.4 Å². The Bertz CT molecular complexity index is 886. The number of carbonyl (C=O) groups excluding carboxylic acids is 1. The van der Waals surface area contributed by atoms with Gasteiger partial charge in [0, 0.05) is 6.21 Å². The summed E-state index contributed by atoms with van der Waals surface area (Å²) in [6.07, 6.45) is 1.62. The Morgan fingerprint density at radius 2 is 1.36 bits per heavy atom. The highest BCUT2D eigenvalue weighted by Crippen LogP contribution is 2.16. The highest BCUT2D eigenvalue weighted by Gasteiger charge is 2.08. The lowest BCUT2D eigenvalue weighted by molar-refractivity contribution is 0.0734. The molecular weight excluding hydrogens is 324 g/mol. The van der Waals surface area contributed by atoms with Gasteiger partial charge >= 0.3 is 5.97 Å². The Hall–Kier alpha value is -3.34. The summed E-state index contributed by atoms with van der Waals surface area (Å²) in [7, 11) is 0.